The second-order valence-corrected chi connectivity index (χ2v) is 9.71. The van der Waals surface area contributed by atoms with Crippen LogP contribution in [0.3, 0.4) is 0 Å². The highest BCUT2D eigenvalue weighted by molar-refractivity contribution is 7.13. The zero-order valence-corrected chi connectivity index (χ0v) is 19.7. The van der Waals surface area contributed by atoms with Gasteiger partial charge in [0.15, 0.2) is 0 Å². The molecular weight excluding hydrogens is 416 g/mol. The molecule has 1 fully saturated rings. The first-order chi connectivity index (χ1) is 15.7. The van der Waals surface area contributed by atoms with Gasteiger partial charge in [-0.1, -0.05) is 31.2 Å². The maximum absolute atomic E-state index is 12.4. The average Bonchev–Trinajstić information content (AvgIpc) is 3.16. The summed E-state index contributed by atoms with van der Waals surface area (Å²) in [6, 6.07) is 15.3. The molecule has 5 rings (SSSR count). The summed E-state index contributed by atoms with van der Waals surface area (Å²) >= 11 is 1.60. The molecule has 3 heterocycles. The van der Waals surface area contributed by atoms with Crippen LogP contribution in [0, 0.1) is 0 Å². The highest BCUT2D eigenvalue weighted by Gasteiger charge is 2.22. The molecule has 0 bridgehead atoms. The molecule has 2 aliphatic rings. The standard InChI is InChI=1S/C26H32N4OS/c1-2-25(31)30-13-6-5-7-21-19-20(10-11-23(21)30)12-14-28-15-17-29(18-16-28)26-22-8-3-4-9-24(22)32-27-26/h3-4,8-11,19H,2,5-7,12-18H2,1H3. The molecule has 168 valence electrons. The summed E-state index contributed by atoms with van der Waals surface area (Å²) in [4.78, 5) is 19.4. The molecule has 2 aromatic carbocycles. The van der Waals surface area contributed by atoms with Crippen molar-refractivity contribution in [2.24, 2.45) is 0 Å². The predicted octanol–water partition coefficient (Wildman–Crippen LogP) is 4.74. The van der Waals surface area contributed by atoms with Crippen LogP contribution >= 0.6 is 11.5 Å². The predicted molar refractivity (Wildman–Crippen MR) is 134 cm³/mol. The minimum Gasteiger partial charge on any atom is -0.353 e. The van der Waals surface area contributed by atoms with Crippen LogP contribution in [0.5, 0.6) is 0 Å². The maximum atomic E-state index is 12.4. The van der Waals surface area contributed by atoms with Gasteiger partial charge in [-0.15, -0.1) is 0 Å². The summed E-state index contributed by atoms with van der Waals surface area (Å²) < 4.78 is 6.00. The molecular formula is C26H32N4OS. The molecule has 3 aromatic rings. The van der Waals surface area contributed by atoms with Crippen molar-refractivity contribution < 1.29 is 4.79 Å². The van der Waals surface area contributed by atoms with E-state index in [9.17, 15) is 4.79 Å². The van der Waals surface area contributed by atoms with Crippen molar-refractivity contribution in [1.82, 2.24) is 9.27 Å². The molecule has 1 saturated heterocycles. The number of carbonyl (C=O) groups is 1. The van der Waals surface area contributed by atoms with E-state index < -0.39 is 0 Å². The van der Waals surface area contributed by atoms with Crippen molar-refractivity contribution in [3.8, 4) is 0 Å². The van der Waals surface area contributed by atoms with Gasteiger partial charge in [0.1, 0.15) is 5.82 Å². The SMILES string of the molecule is CCC(=O)N1CCCCc2cc(CCN3CCN(c4nsc5ccccc45)CC3)ccc21. The lowest BCUT2D eigenvalue weighted by Crippen LogP contribution is -2.47. The first kappa shape index (κ1) is 21.4. The minimum absolute atomic E-state index is 0.242. The Hall–Kier alpha value is -2.44. The van der Waals surface area contributed by atoms with Crippen LogP contribution in [-0.4, -0.2) is 54.4 Å². The van der Waals surface area contributed by atoms with Crippen LogP contribution in [-0.2, 0) is 17.6 Å². The largest absolute Gasteiger partial charge is 0.353 e. The number of nitrogens with zero attached hydrogens (tertiary/aromatic N) is 4. The molecule has 0 atom stereocenters. The van der Waals surface area contributed by atoms with E-state index in [0.717, 1.165) is 76.5 Å². The molecule has 1 amide bonds. The monoisotopic (exact) mass is 448 g/mol. The summed E-state index contributed by atoms with van der Waals surface area (Å²) in [5.74, 6) is 1.40. The number of amides is 1. The van der Waals surface area contributed by atoms with Gasteiger partial charge < -0.3 is 9.80 Å². The summed E-state index contributed by atoms with van der Waals surface area (Å²) in [6.07, 6.45) is 4.97. The number of benzene rings is 2. The van der Waals surface area contributed by atoms with E-state index in [1.54, 1.807) is 11.5 Å². The van der Waals surface area contributed by atoms with Gasteiger partial charge in [0.25, 0.3) is 0 Å². The van der Waals surface area contributed by atoms with Crippen molar-refractivity contribution in [1.29, 1.82) is 0 Å². The Morgan fingerprint density at radius 2 is 1.88 bits per heavy atom. The third kappa shape index (κ3) is 4.39. The average molecular weight is 449 g/mol. The molecule has 1 aromatic heterocycles. The first-order valence-corrected chi connectivity index (χ1v) is 12.7. The molecule has 5 nitrogen and oxygen atoms in total. The number of rotatable bonds is 5. The van der Waals surface area contributed by atoms with E-state index in [2.05, 4.69) is 52.3 Å². The Kier molecular flexibility index (Phi) is 6.42. The van der Waals surface area contributed by atoms with Crippen molar-refractivity contribution in [2.75, 3.05) is 49.1 Å². The Morgan fingerprint density at radius 3 is 2.72 bits per heavy atom. The fraction of sp³-hybridized carbons (Fsp3) is 0.462. The van der Waals surface area contributed by atoms with Crippen LogP contribution in [0.4, 0.5) is 11.5 Å². The smallest absolute Gasteiger partial charge is 0.226 e. The number of hydrogen-bond donors (Lipinski definition) is 0. The Morgan fingerprint density at radius 1 is 1.03 bits per heavy atom. The lowest BCUT2D eigenvalue weighted by atomic mass is 10.0. The quantitative estimate of drug-likeness (QED) is 0.565. The summed E-state index contributed by atoms with van der Waals surface area (Å²) in [5.41, 5.74) is 3.88. The number of fused-ring (bicyclic) bond motifs is 2. The number of carbonyl (C=O) groups excluding carboxylic acids is 1. The molecule has 2 aliphatic heterocycles. The summed E-state index contributed by atoms with van der Waals surface area (Å²) in [5, 5.41) is 1.28. The Balaban J connectivity index is 1.19. The highest BCUT2D eigenvalue weighted by atomic mass is 32.1. The van der Waals surface area contributed by atoms with Gasteiger partial charge in [-0.25, -0.2) is 0 Å². The molecule has 0 aliphatic carbocycles. The Labute approximate surface area is 194 Å². The van der Waals surface area contributed by atoms with Gasteiger partial charge >= 0.3 is 0 Å². The van der Waals surface area contributed by atoms with Crippen LogP contribution in [0.25, 0.3) is 10.1 Å². The molecule has 0 unspecified atom stereocenters. The van der Waals surface area contributed by atoms with E-state index in [1.165, 1.54) is 21.2 Å². The van der Waals surface area contributed by atoms with Crippen molar-refractivity contribution in [3.63, 3.8) is 0 Å². The van der Waals surface area contributed by atoms with Gasteiger partial charge in [-0.05, 0) is 66.5 Å². The van der Waals surface area contributed by atoms with E-state index in [4.69, 9.17) is 4.37 Å². The fourth-order valence-electron chi connectivity index (χ4n) is 4.98. The topological polar surface area (TPSA) is 39.7 Å². The normalized spacial score (nSPS) is 17.4. The number of hydrogen-bond acceptors (Lipinski definition) is 5. The fourth-order valence-corrected chi connectivity index (χ4v) is 5.78. The zero-order valence-electron chi connectivity index (χ0n) is 18.9. The van der Waals surface area contributed by atoms with E-state index >= 15 is 0 Å². The van der Waals surface area contributed by atoms with Gasteiger partial charge in [0, 0.05) is 56.8 Å². The Bertz CT molecular complexity index is 1090. The second kappa shape index (κ2) is 9.59. The van der Waals surface area contributed by atoms with E-state index in [-0.39, 0.29) is 5.91 Å². The lowest BCUT2D eigenvalue weighted by Gasteiger charge is -2.35. The highest BCUT2D eigenvalue weighted by Crippen LogP contribution is 2.30. The lowest BCUT2D eigenvalue weighted by molar-refractivity contribution is -0.118. The minimum atomic E-state index is 0.242. The number of aryl methyl sites for hydroxylation is 1. The molecule has 6 heteroatoms. The zero-order chi connectivity index (χ0) is 21.9. The summed E-state index contributed by atoms with van der Waals surface area (Å²) in [7, 11) is 0. The first-order valence-electron chi connectivity index (χ1n) is 12.0. The van der Waals surface area contributed by atoms with Crippen molar-refractivity contribution in [3.05, 3.63) is 53.6 Å². The van der Waals surface area contributed by atoms with Gasteiger partial charge in [-0.2, -0.15) is 4.37 Å². The number of anilines is 2. The number of piperazine rings is 1. The molecule has 32 heavy (non-hydrogen) atoms. The van der Waals surface area contributed by atoms with Crippen molar-refractivity contribution >= 4 is 39.0 Å². The maximum Gasteiger partial charge on any atom is 0.226 e. The van der Waals surface area contributed by atoms with Crippen LogP contribution in [0.15, 0.2) is 42.5 Å². The third-order valence-electron chi connectivity index (χ3n) is 6.86. The third-order valence-corrected chi connectivity index (χ3v) is 7.68. The van der Waals surface area contributed by atoms with Crippen LogP contribution in [0.2, 0.25) is 0 Å². The second-order valence-electron chi connectivity index (χ2n) is 8.90. The van der Waals surface area contributed by atoms with Gasteiger partial charge in [-0.3, -0.25) is 9.69 Å². The molecule has 0 radical (unpaired) electrons. The van der Waals surface area contributed by atoms with Gasteiger partial charge in [0.2, 0.25) is 5.91 Å². The van der Waals surface area contributed by atoms with E-state index in [1.807, 2.05) is 11.8 Å². The summed E-state index contributed by atoms with van der Waals surface area (Å²) in [6.45, 7) is 8.13. The molecule has 0 N–H and O–H groups in total. The number of aromatic nitrogens is 1. The molecule has 0 spiro atoms. The van der Waals surface area contributed by atoms with Crippen molar-refractivity contribution in [2.45, 2.75) is 39.0 Å². The van der Waals surface area contributed by atoms with Crippen LogP contribution in [0.1, 0.15) is 37.3 Å². The van der Waals surface area contributed by atoms with E-state index in [0.29, 0.717) is 6.42 Å². The van der Waals surface area contributed by atoms with Crippen LogP contribution < -0.4 is 9.80 Å². The van der Waals surface area contributed by atoms with Gasteiger partial charge in [0.05, 0.1) is 4.70 Å². The molecule has 0 saturated carbocycles.